The van der Waals surface area contributed by atoms with Crippen molar-refractivity contribution < 1.29 is 39.0 Å². The number of hydrogen-bond acceptors (Lipinski definition) is 7. The van der Waals surface area contributed by atoms with Crippen molar-refractivity contribution in [2.45, 2.75) is 63.2 Å². The van der Waals surface area contributed by atoms with E-state index in [-0.39, 0.29) is 25.8 Å². The Kier molecular flexibility index (Phi) is 9.17. The number of carboxylic acids is 2. The molecule has 0 aromatic heterocycles. The van der Waals surface area contributed by atoms with E-state index in [1.165, 1.54) is 6.92 Å². The molecule has 0 aromatic carbocycles. The maximum Gasteiger partial charge on any atom is 0.326 e. The van der Waals surface area contributed by atoms with Gasteiger partial charge in [-0.15, -0.1) is 0 Å². The molecule has 1 aliphatic heterocycles. The number of carbonyl (C=O) groups is 6. The Morgan fingerprint density at radius 2 is 1.73 bits per heavy atom. The quantitative estimate of drug-likeness (QED) is 0.198. The molecular formula is C17H27N5O8. The van der Waals surface area contributed by atoms with Crippen LogP contribution in [-0.2, 0) is 28.8 Å². The fourth-order valence-corrected chi connectivity index (χ4v) is 2.98. The third-order valence-corrected chi connectivity index (χ3v) is 4.60. The molecule has 0 spiro atoms. The smallest absolute Gasteiger partial charge is 0.326 e. The maximum atomic E-state index is 12.7. The second-order valence-corrected chi connectivity index (χ2v) is 7.03. The standard InChI is InChI=1S/C17H27N5O8/c1-8(20-15(27)9(18)4-5-13(24)25)14(26)21-10(7-12(19)23)16(28)22-6-2-3-11(22)17(29)30/h8-11H,2-7,18H2,1H3,(H2,19,23)(H,20,27)(H,21,26)(H,24,25)(H,29,30). The van der Waals surface area contributed by atoms with Gasteiger partial charge in [0.2, 0.25) is 23.6 Å². The highest BCUT2D eigenvalue weighted by Gasteiger charge is 2.38. The number of nitrogens with two attached hydrogens (primary N) is 2. The SMILES string of the molecule is CC(NC(=O)C(N)CCC(=O)O)C(=O)NC(CC(N)=O)C(=O)N1CCCC1C(=O)O. The molecule has 0 aliphatic carbocycles. The first kappa shape index (κ1) is 24.8. The topological polar surface area (TPSA) is 222 Å². The third-order valence-electron chi connectivity index (χ3n) is 4.60. The minimum Gasteiger partial charge on any atom is -0.481 e. The Morgan fingerprint density at radius 1 is 1.10 bits per heavy atom. The van der Waals surface area contributed by atoms with E-state index in [1.807, 2.05) is 0 Å². The van der Waals surface area contributed by atoms with Crippen molar-refractivity contribution in [1.82, 2.24) is 15.5 Å². The number of rotatable bonds is 11. The second kappa shape index (κ2) is 11.1. The van der Waals surface area contributed by atoms with Crippen LogP contribution in [-0.4, -0.2) is 81.4 Å². The first-order valence-corrected chi connectivity index (χ1v) is 9.33. The van der Waals surface area contributed by atoms with E-state index in [0.29, 0.717) is 6.42 Å². The van der Waals surface area contributed by atoms with Gasteiger partial charge in [0.25, 0.3) is 0 Å². The number of nitrogens with one attached hydrogen (secondary N) is 2. The minimum absolute atomic E-state index is 0.135. The van der Waals surface area contributed by atoms with Crippen molar-refractivity contribution >= 4 is 35.6 Å². The molecule has 13 heteroatoms. The summed E-state index contributed by atoms with van der Waals surface area (Å²) in [5.74, 6) is -5.54. The Hall–Kier alpha value is -3.22. The lowest BCUT2D eigenvalue weighted by molar-refractivity contribution is -0.149. The van der Waals surface area contributed by atoms with E-state index in [9.17, 15) is 33.9 Å². The largest absolute Gasteiger partial charge is 0.481 e. The lowest BCUT2D eigenvalue weighted by Crippen LogP contribution is -2.57. The number of hydrogen-bond donors (Lipinski definition) is 6. The van der Waals surface area contributed by atoms with E-state index in [1.54, 1.807) is 0 Å². The first-order chi connectivity index (χ1) is 13.9. The molecule has 4 atom stereocenters. The Morgan fingerprint density at radius 3 is 2.27 bits per heavy atom. The van der Waals surface area contributed by atoms with E-state index >= 15 is 0 Å². The summed E-state index contributed by atoms with van der Waals surface area (Å²) in [6.45, 7) is 1.46. The van der Waals surface area contributed by atoms with Gasteiger partial charge >= 0.3 is 11.9 Å². The fraction of sp³-hybridized carbons (Fsp3) is 0.647. The molecule has 1 heterocycles. The molecular weight excluding hydrogens is 402 g/mol. The molecule has 30 heavy (non-hydrogen) atoms. The number of likely N-dealkylation sites (tertiary alicyclic amines) is 1. The van der Waals surface area contributed by atoms with Crippen LogP contribution in [0.3, 0.4) is 0 Å². The highest BCUT2D eigenvalue weighted by molar-refractivity contribution is 5.96. The van der Waals surface area contributed by atoms with Crippen molar-refractivity contribution in [2.24, 2.45) is 11.5 Å². The van der Waals surface area contributed by atoms with E-state index in [2.05, 4.69) is 10.6 Å². The summed E-state index contributed by atoms with van der Waals surface area (Å²) < 4.78 is 0. The summed E-state index contributed by atoms with van der Waals surface area (Å²) in [5, 5.41) is 22.4. The maximum absolute atomic E-state index is 12.7. The second-order valence-electron chi connectivity index (χ2n) is 7.03. The zero-order chi connectivity index (χ0) is 23.0. The molecule has 168 valence electrons. The average Bonchev–Trinajstić information content (AvgIpc) is 3.14. The summed E-state index contributed by atoms with van der Waals surface area (Å²) in [6.07, 6.45) is -0.305. The molecule has 1 rings (SSSR count). The Bertz CT molecular complexity index is 712. The molecule has 4 amide bonds. The highest BCUT2D eigenvalue weighted by Crippen LogP contribution is 2.19. The molecule has 8 N–H and O–H groups in total. The van der Waals surface area contributed by atoms with E-state index in [4.69, 9.17) is 16.6 Å². The van der Waals surface area contributed by atoms with Gasteiger partial charge in [0.05, 0.1) is 12.5 Å². The van der Waals surface area contributed by atoms with Gasteiger partial charge in [-0.05, 0) is 26.2 Å². The summed E-state index contributed by atoms with van der Waals surface area (Å²) in [4.78, 5) is 71.3. The number of amides is 4. The number of nitrogens with zero attached hydrogens (tertiary/aromatic N) is 1. The fourth-order valence-electron chi connectivity index (χ4n) is 2.98. The van der Waals surface area contributed by atoms with Crippen LogP contribution in [0.4, 0.5) is 0 Å². The van der Waals surface area contributed by atoms with Crippen molar-refractivity contribution in [3.05, 3.63) is 0 Å². The summed E-state index contributed by atoms with van der Waals surface area (Å²) in [6, 6.07) is -4.77. The number of primary amides is 1. The predicted molar refractivity (Wildman–Crippen MR) is 101 cm³/mol. The van der Waals surface area contributed by atoms with Gasteiger partial charge in [-0.25, -0.2) is 4.79 Å². The predicted octanol–water partition coefficient (Wildman–Crippen LogP) is -2.88. The van der Waals surface area contributed by atoms with Crippen molar-refractivity contribution in [3.63, 3.8) is 0 Å². The zero-order valence-corrected chi connectivity index (χ0v) is 16.5. The van der Waals surface area contributed by atoms with Crippen LogP contribution in [0, 0.1) is 0 Å². The van der Waals surface area contributed by atoms with Crippen molar-refractivity contribution in [1.29, 1.82) is 0 Å². The van der Waals surface area contributed by atoms with Gasteiger partial charge in [0.15, 0.2) is 0 Å². The zero-order valence-electron chi connectivity index (χ0n) is 16.5. The van der Waals surface area contributed by atoms with Gasteiger partial charge < -0.3 is 37.2 Å². The average molecular weight is 429 g/mol. The van der Waals surface area contributed by atoms with Crippen LogP contribution in [0.15, 0.2) is 0 Å². The van der Waals surface area contributed by atoms with Gasteiger partial charge in [-0.1, -0.05) is 0 Å². The molecule has 0 saturated carbocycles. The van der Waals surface area contributed by atoms with Crippen LogP contribution in [0.25, 0.3) is 0 Å². The van der Waals surface area contributed by atoms with Gasteiger partial charge in [0.1, 0.15) is 18.1 Å². The lowest BCUT2D eigenvalue weighted by Gasteiger charge is -2.27. The van der Waals surface area contributed by atoms with Gasteiger partial charge in [-0.2, -0.15) is 0 Å². The number of aliphatic carboxylic acids is 2. The molecule has 1 aliphatic rings. The monoisotopic (exact) mass is 429 g/mol. The number of carbonyl (C=O) groups excluding carboxylic acids is 4. The molecule has 0 radical (unpaired) electrons. The molecule has 13 nitrogen and oxygen atoms in total. The molecule has 1 fully saturated rings. The minimum atomic E-state index is -1.39. The van der Waals surface area contributed by atoms with E-state index in [0.717, 1.165) is 4.90 Å². The molecule has 1 saturated heterocycles. The third kappa shape index (κ3) is 7.31. The Labute approximate surface area is 172 Å². The van der Waals surface area contributed by atoms with Crippen LogP contribution in [0.2, 0.25) is 0 Å². The summed E-state index contributed by atoms with van der Waals surface area (Å²) >= 11 is 0. The number of carboxylic acid groups (broad SMARTS) is 2. The van der Waals surface area contributed by atoms with Crippen molar-refractivity contribution in [2.75, 3.05) is 6.54 Å². The normalized spacial score (nSPS) is 18.7. The highest BCUT2D eigenvalue weighted by atomic mass is 16.4. The lowest BCUT2D eigenvalue weighted by atomic mass is 10.1. The molecule has 0 bridgehead atoms. The molecule has 0 aromatic rings. The summed E-state index contributed by atoms with van der Waals surface area (Å²) in [7, 11) is 0. The summed E-state index contributed by atoms with van der Waals surface area (Å²) in [5.41, 5.74) is 10.7. The van der Waals surface area contributed by atoms with Crippen LogP contribution in [0.5, 0.6) is 0 Å². The van der Waals surface area contributed by atoms with E-state index < -0.39 is 66.2 Å². The van der Waals surface area contributed by atoms with Gasteiger partial charge in [0, 0.05) is 13.0 Å². The van der Waals surface area contributed by atoms with Crippen molar-refractivity contribution in [3.8, 4) is 0 Å². The van der Waals surface area contributed by atoms with Gasteiger partial charge in [-0.3, -0.25) is 24.0 Å². The van der Waals surface area contributed by atoms with Crippen LogP contribution in [0.1, 0.15) is 39.0 Å². The first-order valence-electron chi connectivity index (χ1n) is 9.33. The Balaban J connectivity index is 2.77. The van der Waals surface area contributed by atoms with Crippen LogP contribution >= 0.6 is 0 Å². The van der Waals surface area contributed by atoms with Crippen LogP contribution < -0.4 is 22.1 Å². The molecule has 4 unspecified atom stereocenters.